The van der Waals surface area contributed by atoms with E-state index < -0.39 is 18.1 Å². The molecule has 108 valence electrons. The molecule has 0 spiro atoms. The second-order valence-electron chi connectivity index (χ2n) is 5.64. The third-order valence-corrected chi connectivity index (χ3v) is 4.23. The van der Waals surface area contributed by atoms with Crippen LogP contribution in [0.15, 0.2) is 0 Å². The van der Waals surface area contributed by atoms with Crippen LogP contribution in [0, 0.1) is 5.92 Å². The molecule has 2 rings (SSSR count). The number of hydrogen-bond donors (Lipinski definition) is 3. The predicted molar refractivity (Wildman–Crippen MR) is 68.3 cm³/mol. The summed E-state index contributed by atoms with van der Waals surface area (Å²) in [6.45, 7) is 0.110. The molecular formula is C13H22N2O4. The molecule has 2 fully saturated rings. The maximum atomic E-state index is 12.5. The van der Waals surface area contributed by atoms with E-state index in [2.05, 4.69) is 0 Å². The molecule has 1 amide bonds. The van der Waals surface area contributed by atoms with Gasteiger partial charge in [-0.15, -0.1) is 0 Å². The SMILES string of the molecule is NC1CCCCCC1C(=O)N1CC(O)C[C@H]1C(=O)O. The molecule has 3 unspecified atom stereocenters. The first-order chi connectivity index (χ1) is 9.00. The third-order valence-electron chi connectivity index (χ3n) is 4.23. The molecule has 4 N–H and O–H groups in total. The van der Waals surface area contributed by atoms with Gasteiger partial charge in [0.1, 0.15) is 6.04 Å². The van der Waals surface area contributed by atoms with E-state index in [0.717, 1.165) is 32.1 Å². The zero-order valence-electron chi connectivity index (χ0n) is 11.0. The quantitative estimate of drug-likeness (QED) is 0.610. The van der Waals surface area contributed by atoms with Gasteiger partial charge in [-0.1, -0.05) is 19.3 Å². The number of carbonyl (C=O) groups excluding carboxylic acids is 1. The molecular weight excluding hydrogens is 248 g/mol. The van der Waals surface area contributed by atoms with Gasteiger partial charge in [0.25, 0.3) is 0 Å². The number of aliphatic hydroxyl groups is 1. The fraction of sp³-hybridized carbons (Fsp3) is 0.846. The zero-order valence-corrected chi connectivity index (χ0v) is 11.0. The number of likely N-dealkylation sites (tertiary alicyclic amines) is 1. The zero-order chi connectivity index (χ0) is 14.0. The van der Waals surface area contributed by atoms with E-state index in [4.69, 9.17) is 10.8 Å². The molecule has 1 aliphatic carbocycles. The van der Waals surface area contributed by atoms with Gasteiger partial charge in [-0.3, -0.25) is 4.79 Å². The molecule has 6 nitrogen and oxygen atoms in total. The largest absolute Gasteiger partial charge is 0.480 e. The summed E-state index contributed by atoms with van der Waals surface area (Å²) in [7, 11) is 0. The van der Waals surface area contributed by atoms with E-state index in [1.807, 2.05) is 0 Å². The molecule has 1 aliphatic heterocycles. The highest BCUT2D eigenvalue weighted by Crippen LogP contribution is 2.27. The highest BCUT2D eigenvalue weighted by molar-refractivity contribution is 5.86. The molecule has 0 bridgehead atoms. The molecule has 0 aromatic carbocycles. The van der Waals surface area contributed by atoms with Gasteiger partial charge < -0.3 is 20.8 Å². The molecule has 4 atom stereocenters. The third kappa shape index (κ3) is 3.06. The summed E-state index contributed by atoms with van der Waals surface area (Å²) in [6, 6.07) is -1.10. The van der Waals surface area contributed by atoms with Gasteiger partial charge >= 0.3 is 5.97 Å². The summed E-state index contributed by atoms with van der Waals surface area (Å²) >= 11 is 0. The van der Waals surface area contributed by atoms with Crippen molar-refractivity contribution in [3.05, 3.63) is 0 Å². The van der Waals surface area contributed by atoms with Gasteiger partial charge in [0, 0.05) is 19.0 Å². The Bertz CT molecular complexity index is 361. The molecule has 0 aromatic rings. The molecule has 0 radical (unpaired) electrons. The lowest BCUT2D eigenvalue weighted by Gasteiger charge is -2.28. The minimum Gasteiger partial charge on any atom is -0.480 e. The number of β-amino-alcohol motifs (C(OH)–C–C–N with tert-alkyl or cyclic N) is 1. The number of aliphatic hydroxyl groups excluding tert-OH is 1. The van der Waals surface area contributed by atoms with Crippen LogP contribution in [0.3, 0.4) is 0 Å². The number of amides is 1. The Hall–Kier alpha value is -1.14. The number of carbonyl (C=O) groups is 2. The van der Waals surface area contributed by atoms with E-state index in [9.17, 15) is 14.7 Å². The lowest BCUT2D eigenvalue weighted by atomic mass is 9.93. The lowest BCUT2D eigenvalue weighted by molar-refractivity contribution is -0.150. The van der Waals surface area contributed by atoms with Gasteiger partial charge in [0.05, 0.1) is 12.0 Å². The fourth-order valence-corrected chi connectivity index (χ4v) is 3.15. The van der Waals surface area contributed by atoms with Gasteiger partial charge in [-0.05, 0) is 12.8 Å². The minimum absolute atomic E-state index is 0.110. The van der Waals surface area contributed by atoms with E-state index in [1.54, 1.807) is 0 Å². The minimum atomic E-state index is -1.05. The molecule has 1 heterocycles. The number of rotatable bonds is 2. The van der Waals surface area contributed by atoms with Crippen LogP contribution < -0.4 is 5.73 Å². The monoisotopic (exact) mass is 270 g/mol. The molecule has 1 saturated carbocycles. The Balaban J connectivity index is 2.10. The predicted octanol–water partition coefficient (Wildman–Crippen LogP) is -0.0596. The molecule has 0 aromatic heterocycles. The summed E-state index contributed by atoms with van der Waals surface area (Å²) < 4.78 is 0. The second kappa shape index (κ2) is 5.88. The van der Waals surface area contributed by atoms with Crippen LogP contribution in [0.2, 0.25) is 0 Å². The van der Waals surface area contributed by atoms with E-state index >= 15 is 0 Å². The highest BCUT2D eigenvalue weighted by atomic mass is 16.4. The second-order valence-corrected chi connectivity index (χ2v) is 5.64. The number of carboxylic acids is 1. The topological polar surface area (TPSA) is 104 Å². The van der Waals surface area contributed by atoms with Crippen molar-refractivity contribution in [2.24, 2.45) is 11.7 Å². The van der Waals surface area contributed by atoms with Crippen molar-refractivity contribution in [3.8, 4) is 0 Å². The number of nitrogens with two attached hydrogens (primary N) is 1. The Morgan fingerprint density at radius 2 is 1.84 bits per heavy atom. The summed E-state index contributed by atoms with van der Waals surface area (Å²) in [4.78, 5) is 25.0. The standard InChI is InChI=1S/C13H22N2O4/c14-10-5-3-1-2-4-9(10)12(17)15-7-8(16)6-11(15)13(18)19/h8-11,16H,1-7,14H2,(H,18,19)/t8?,9?,10?,11-/m0/s1. The summed E-state index contributed by atoms with van der Waals surface area (Å²) in [5.74, 6) is -1.54. The summed E-state index contributed by atoms with van der Waals surface area (Å²) in [5.41, 5.74) is 6.05. The van der Waals surface area contributed by atoms with Crippen molar-refractivity contribution in [2.75, 3.05) is 6.54 Å². The van der Waals surface area contributed by atoms with Crippen molar-refractivity contribution in [1.82, 2.24) is 4.90 Å². The Morgan fingerprint density at radius 3 is 2.53 bits per heavy atom. The Kier molecular flexibility index (Phi) is 4.42. The molecule has 19 heavy (non-hydrogen) atoms. The van der Waals surface area contributed by atoms with Gasteiger partial charge in [-0.2, -0.15) is 0 Å². The maximum Gasteiger partial charge on any atom is 0.326 e. The molecule has 2 aliphatic rings. The van der Waals surface area contributed by atoms with Crippen LogP contribution >= 0.6 is 0 Å². The normalized spacial score (nSPS) is 36.0. The summed E-state index contributed by atoms with van der Waals surface area (Å²) in [5, 5.41) is 18.7. The average molecular weight is 270 g/mol. The Morgan fingerprint density at radius 1 is 1.16 bits per heavy atom. The smallest absolute Gasteiger partial charge is 0.326 e. The maximum absolute atomic E-state index is 12.5. The highest BCUT2D eigenvalue weighted by Gasteiger charge is 2.42. The van der Waals surface area contributed by atoms with Crippen LogP contribution in [-0.2, 0) is 9.59 Å². The molecule has 1 saturated heterocycles. The van der Waals surface area contributed by atoms with Crippen molar-refractivity contribution in [2.45, 2.75) is 56.7 Å². The Labute approximate surface area is 112 Å². The van der Waals surface area contributed by atoms with Crippen molar-refractivity contribution in [3.63, 3.8) is 0 Å². The fourth-order valence-electron chi connectivity index (χ4n) is 3.15. The average Bonchev–Trinajstić information content (AvgIpc) is 2.62. The summed E-state index contributed by atoms with van der Waals surface area (Å²) in [6.07, 6.45) is 3.95. The van der Waals surface area contributed by atoms with Crippen molar-refractivity contribution >= 4 is 11.9 Å². The molecule has 6 heteroatoms. The first-order valence-electron chi connectivity index (χ1n) is 6.97. The van der Waals surface area contributed by atoms with E-state index in [1.165, 1.54) is 4.90 Å². The first-order valence-corrected chi connectivity index (χ1v) is 6.97. The van der Waals surface area contributed by atoms with Crippen LogP contribution in [0.4, 0.5) is 0 Å². The van der Waals surface area contributed by atoms with Crippen LogP contribution in [0.1, 0.15) is 38.5 Å². The lowest BCUT2D eigenvalue weighted by Crippen LogP contribution is -2.48. The van der Waals surface area contributed by atoms with Gasteiger partial charge in [0.15, 0.2) is 0 Å². The number of carboxylic acid groups (broad SMARTS) is 1. The first kappa shape index (κ1) is 14.3. The van der Waals surface area contributed by atoms with Crippen LogP contribution in [0.25, 0.3) is 0 Å². The van der Waals surface area contributed by atoms with Crippen molar-refractivity contribution < 1.29 is 19.8 Å². The van der Waals surface area contributed by atoms with Gasteiger partial charge in [-0.25, -0.2) is 4.79 Å². The number of nitrogens with zero attached hydrogens (tertiary/aromatic N) is 1. The number of aliphatic carboxylic acids is 1. The van der Waals surface area contributed by atoms with Crippen molar-refractivity contribution in [1.29, 1.82) is 0 Å². The van der Waals surface area contributed by atoms with E-state index in [-0.39, 0.29) is 30.8 Å². The van der Waals surface area contributed by atoms with E-state index in [0.29, 0.717) is 0 Å². The number of hydrogen-bond acceptors (Lipinski definition) is 4. The van der Waals surface area contributed by atoms with Crippen LogP contribution in [-0.4, -0.2) is 51.7 Å². The van der Waals surface area contributed by atoms with Gasteiger partial charge in [0.2, 0.25) is 5.91 Å². The van der Waals surface area contributed by atoms with Crippen LogP contribution in [0.5, 0.6) is 0 Å².